The van der Waals surface area contributed by atoms with Crippen LogP contribution in [0.25, 0.3) is 0 Å². The Morgan fingerprint density at radius 3 is 2.35 bits per heavy atom. The fourth-order valence-corrected chi connectivity index (χ4v) is 2.47. The van der Waals surface area contributed by atoms with E-state index in [2.05, 4.69) is 0 Å². The lowest BCUT2D eigenvalue weighted by Crippen LogP contribution is -2.41. The van der Waals surface area contributed by atoms with E-state index in [0.717, 1.165) is 5.56 Å². The van der Waals surface area contributed by atoms with Crippen molar-refractivity contribution in [3.8, 4) is 5.75 Å². The number of carbonyl (C=O) groups is 1. The normalized spacial score (nSPS) is 11.3. The van der Waals surface area contributed by atoms with Gasteiger partial charge in [-0.15, -0.1) is 0 Å². The van der Waals surface area contributed by atoms with E-state index in [0.29, 0.717) is 12.1 Å². The highest BCUT2D eigenvalue weighted by molar-refractivity contribution is 5.97. The Hall–Kier alpha value is -2.33. The maximum absolute atomic E-state index is 12.9. The van der Waals surface area contributed by atoms with Gasteiger partial charge in [-0.1, -0.05) is 42.5 Å². The molecule has 0 fully saturated rings. The van der Waals surface area contributed by atoms with Crippen molar-refractivity contribution in [2.45, 2.75) is 32.9 Å². The van der Waals surface area contributed by atoms with Gasteiger partial charge in [0.05, 0.1) is 11.2 Å². The van der Waals surface area contributed by atoms with Crippen molar-refractivity contribution in [3.05, 3.63) is 65.2 Å². The van der Waals surface area contributed by atoms with Gasteiger partial charge in [0.1, 0.15) is 5.75 Å². The number of phenols is 1. The number of aromatic hydroxyl groups is 1. The van der Waals surface area contributed by atoms with E-state index in [4.69, 9.17) is 0 Å². The highest BCUT2D eigenvalue weighted by atomic mass is 16.3. The van der Waals surface area contributed by atoms with Gasteiger partial charge in [0, 0.05) is 13.1 Å². The molecule has 4 nitrogen and oxygen atoms in total. The van der Waals surface area contributed by atoms with E-state index >= 15 is 0 Å². The molecule has 0 atom stereocenters. The van der Waals surface area contributed by atoms with E-state index in [1.807, 2.05) is 30.3 Å². The summed E-state index contributed by atoms with van der Waals surface area (Å²) in [4.78, 5) is 14.4. The SMILES string of the molecule is Cc1cccc(C(=O)N(Cc2ccccc2)CC(C)(C)O)c1O. The summed E-state index contributed by atoms with van der Waals surface area (Å²) in [6, 6.07) is 14.7. The summed E-state index contributed by atoms with van der Waals surface area (Å²) in [5.41, 5.74) is 0.852. The van der Waals surface area contributed by atoms with Crippen molar-refractivity contribution >= 4 is 5.91 Å². The maximum atomic E-state index is 12.9. The molecule has 0 spiro atoms. The summed E-state index contributed by atoms with van der Waals surface area (Å²) < 4.78 is 0. The zero-order valence-electron chi connectivity index (χ0n) is 13.8. The number of carbonyl (C=O) groups excluding carboxylic acids is 1. The van der Waals surface area contributed by atoms with Gasteiger partial charge < -0.3 is 15.1 Å². The van der Waals surface area contributed by atoms with Crippen molar-refractivity contribution in [1.29, 1.82) is 0 Å². The molecule has 0 aliphatic carbocycles. The first-order valence-electron chi connectivity index (χ1n) is 7.62. The fraction of sp³-hybridized carbons (Fsp3) is 0.316. The summed E-state index contributed by atoms with van der Waals surface area (Å²) in [6.07, 6.45) is 0. The molecule has 0 unspecified atom stereocenters. The smallest absolute Gasteiger partial charge is 0.258 e. The minimum Gasteiger partial charge on any atom is -0.507 e. The lowest BCUT2D eigenvalue weighted by Gasteiger charge is -2.29. The van der Waals surface area contributed by atoms with Crippen LogP contribution in [0.2, 0.25) is 0 Å². The molecular formula is C19H23NO3. The first kappa shape index (κ1) is 17.0. The van der Waals surface area contributed by atoms with Gasteiger partial charge in [-0.3, -0.25) is 4.79 Å². The topological polar surface area (TPSA) is 60.8 Å². The van der Waals surface area contributed by atoms with Crippen molar-refractivity contribution < 1.29 is 15.0 Å². The zero-order valence-corrected chi connectivity index (χ0v) is 13.8. The Kier molecular flexibility index (Phi) is 5.06. The minimum absolute atomic E-state index is 0.00805. The van der Waals surface area contributed by atoms with Crippen molar-refractivity contribution in [3.63, 3.8) is 0 Å². The second-order valence-corrected chi connectivity index (χ2v) is 6.43. The van der Waals surface area contributed by atoms with Crippen molar-refractivity contribution in [2.75, 3.05) is 6.54 Å². The Morgan fingerprint density at radius 2 is 1.74 bits per heavy atom. The number of aliphatic hydroxyl groups is 1. The standard InChI is InChI=1S/C19H23NO3/c1-14-8-7-11-16(17(14)21)18(22)20(13-19(2,3)23)12-15-9-5-4-6-10-15/h4-11,21,23H,12-13H2,1-3H3. The molecule has 1 amide bonds. The summed E-state index contributed by atoms with van der Waals surface area (Å²) in [5, 5.41) is 20.3. The van der Waals surface area contributed by atoms with Gasteiger partial charge in [-0.05, 0) is 38.0 Å². The van der Waals surface area contributed by atoms with Gasteiger partial charge in [-0.2, -0.15) is 0 Å². The van der Waals surface area contributed by atoms with Gasteiger partial charge in [0.2, 0.25) is 0 Å². The van der Waals surface area contributed by atoms with E-state index in [1.165, 1.54) is 0 Å². The Bertz CT molecular complexity index is 675. The third-order valence-corrected chi connectivity index (χ3v) is 3.55. The summed E-state index contributed by atoms with van der Waals surface area (Å²) in [6.45, 7) is 5.62. The van der Waals surface area contributed by atoms with Crippen LogP contribution in [0.5, 0.6) is 5.75 Å². The molecule has 0 aliphatic rings. The van der Waals surface area contributed by atoms with Gasteiger partial charge in [0.25, 0.3) is 5.91 Å². The molecule has 0 radical (unpaired) electrons. The minimum atomic E-state index is -1.02. The van der Waals surface area contributed by atoms with Crippen LogP contribution in [0, 0.1) is 6.92 Å². The first-order chi connectivity index (χ1) is 10.8. The summed E-state index contributed by atoms with van der Waals surface area (Å²) >= 11 is 0. The molecule has 0 bridgehead atoms. The van der Waals surface area contributed by atoms with Crippen LogP contribution in [-0.2, 0) is 6.54 Å². The monoisotopic (exact) mass is 313 g/mol. The van der Waals surface area contributed by atoms with E-state index < -0.39 is 5.60 Å². The van der Waals surface area contributed by atoms with Crippen molar-refractivity contribution in [1.82, 2.24) is 4.90 Å². The number of aryl methyl sites for hydroxylation is 1. The quantitative estimate of drug-likeness (QED) is 0.891. The third-order valence-electron chi connectivity index (χ3n) is 3.55. The maximum Gasteiger partial charge on any atom is 0.258 e. The van der Waals surface area contributed by atoms with Crippen LogP contribution in [0.15, 0.2) is 48.5 Å². The molecule has 4 heteroatoms. The average Bonchev–Trinajstić information content (AvgIpc) is 2.48. The molecule has 2 N–H and O–H groups in total. The van der Waals surface area contributed by atoms with Crippen LogP contribution in [0.4, 0.5) is 0 Å². The Balaban J connectivity index is 2.32. The number of hydrogen-bond donors (Lipinski definition) is 2. The zero-order chi connectivity index (χ0) is 17.0. The molecule has 2 aromatic carbocycles. The van der Waals surface area contributed by atoms with E-state index in [9.17, 15) is 15.0 Å². The molecule has 0 aliphatic heterocycles. The van der Waals surface area contributed by atoms with Gasteiger partial charge in [0.15, 0.2) is 0 Å². The molecule has 0 saturated carbocycles. The summed E-state index contributed by atoms with van der Waals surface area (Å²) in [7, 11) is 0. The van der Waals surface area contributed by atoms with Crippen molar-refractivity contribution in [2.24, 2.45) is 0 Å². The predicted molar refractivity (Wildman–Crippen MR) is 90.3 cm³/mol. The molecule has 0 aromatic heterocycles. The molecular weight excluding hydrogens is 290 g/mol. The molecule has 0 saturated heterocycles. The predicted octanol–water partition coefficient (Wildman–Crippen LogP) is 3.11. The molecule has 23 heavy (non-hydrogen) atoms. The third kappa shape index (κ3) is 4.57. The van der Waals surface area contributed by atoms with Gasteiger partial charge >= 0.3 is 0 Å². The van der Waals surface area contributed by atoms with Crippen LogP contribution in [0.1, 0.15) is 35.3 Å². The van der Waals surface area contributed by atoms with Crippen LogP contribution in [0.3, 0.4) is 0 Å². The fourth-order valence-electron chi connectivity index (χ4n) is 2.47. The number of phenolic OH excluding ortho intramolecular Hbond substituents is 1. The number of rotatable bonds is 5. The van der Waals surface area contributed by atoms with Gasteiger partial charge in [-0.25, -0.2) is 0 Å². The largest absolute Gasteiger partial charge is 0.507 e. The molecule has 122 valence electrons. The highest BCUT2D eigenvalue weighted by Gasteiger charge is 2.25. The molecule has 2 aromatic rings. The molecule has 2 rings (SSSR count). The second-order valence-electron chi connectivity index (χ2n) is 6.43. The first-order valence-corrected chi connectivity index (χ1v) is 7.62. The Labute approximate surface area is 137 Å². The number of hydrogen-bond acceptors (Lipinski definition) is 3. The van der Waals surface area contributed by atoms with Crippen LogP contribution < -0.4 is 0 Å². The lowest BCUT2D eigenvalue weighted by molar-refractivity contribution is 0.0278. The molecule has 0 heterocycles. The number of benzene rings is 2. The highest BCUT2D eigenvalue weighted by Crippen LogP contribution is 2.24. The van der Waals surface area contributed by atoms with E-state index in [-0.39, 0.29) is 23.8 Å². The Morgan fingerprint density at radius 1 is 1.09 bits per heavy atom. The van der Waals surface area contributed by atoms with Crippen LogP contribution >= 0.6 is 0 Å². The van der Waals surface area contributed by atoms with E-state index in [1.54, 1.807) is 43.9 Å². The lowest BCUT2D eigenvalue weighted by atomic mass is 10.1. The number of nitrogens with zero attached hydrogens (tertiary/aromatic N) is 1. The van der Waals surface area contributed by atoms with Crippen LogP contribution in [-0.4, -0.2) is 33.2 Å². The second kappa shape index (κ2) is 6.84. The number of amides is 1. The number of para-hydroxylation sites is 1. The average molecular weight is 313 g/mol. The summed E-state index contributed by atoms with van der Waals surface area (Å²) in [5.74, 6) is -0.302.